The molecule has 3 heterocycles. The molecule has 0 saturated carbocycles. The molecule has 1 saturated heterocycles. The monoisotopic (exact) mass is 520 g/mol. The second-order valence-corrected chi connectivity index (χ2v) is 9.99. The number of nitrogens with zero attached hydrogens (tertiary/aromatic N) is 3. The molecule has 1 atom stereocenters. The lowest BCUT2D eigenvalue weighted by Crippen LogP contribution is -2.28. The molecular weight excluding hydrogens is 488 g/mol. The zero-order valence-electron chi connectivity index (χ0n) is 22.0. The van der Waals surface area contributed by atoms with E-state index in [0.29, 0.717) is 36.6 Å². The molecule has 0 amide bonds. The number of aromatic nitrogens is 3. The number of ether oxygens (including phenoxy) is 2. The van der Waals surface area contributed by atoms with Gasteiger partial charge < -0.3 is 14.8 Å². The van der Waals surface area contributed by atoms with Crippen LogP contribution in [0, 0.1) is 0 Å². The number of nitrogens with one attached hydrogen (secondary N) is 1. The lowest BCUT2D eigenvalue weighted by atomic mass is 9.91. The minimum Gasteiger partial charge on any atom is -0.473 e. The first-order chi connectivity index (χ1) is 19.2. The van der Waals surface area contributed by atoms with Crippen LogP contribution in [-0.4, -0.2) is 27.2 Å². The third kappa shape index (κ3) is 5.31. The van der Waals surface area contributed by atoms with Gasteiger partial charge in [-0.2, -0.15) is 4.98 Å². The van der Waals surface area contributed by atoms with Crippen LogP contribution < -0.4 is 20.5 Å². The molecule has 0 radical (unpaired) electrons. The van der Waals surface area contributed by atoms with Crippen LogP contribution in [-0.2, 0) is 20.3 Å². The molecule has 0 bridgehead atoms. The van der Waals surface area contributed by atoms with Crippen LogP contribution in [0.5, 0.6) is 11.8 Å². The number of benzene rings is 3. The molecule has 6 rings (SSSR count). The molecule has 0 spiro atoms. The molecule has 7 heteroatoms. The van der Waals surface area contributed by atoms with Crippen molar-refractivity contribution in [1.82, 2.24) is 19.4 Å². The molecule has 198 valence electrons. The Balaban J connectivity index is 1.38. The van der Waals surface area contributed by atoms with Crippen molar-refractivity contribution in [2.45, 2.75) is 32.0 Å². The average molecular weight is 521 g/mol. The highest BCUT2D eigenvalue weighted by atomic mass is 16.5. The van der Waals surface area contributed by atoms with E-state index in [4.69, 9.17) is 14.5 Å². The van der Waals surface area contributed by atoms with Gasteiger partial charge >= 0.3 is 5.69 Å². The van der Waals surface area contributed by atoms with Crippen molar-refractivity contribution in [1.29, 1.82) is 0 Å². The molecule has 3 aromatic carbocycles. The highest BCUT2D eigenvalue weighted by Crippen LogP contribution is 2.30. The number of pyridine rings is 1. The van der Waals surface area contributed by atoms with E-state index in [1.165, 1.54) is 5.56 Å². The predicted octanol–water partition coefficient (Wildman–Crippen LogP) is 5.35. The summed E-state index contributed by atoms with van der Waals surface area (Å²) in [6.07, 6.45) is 2.31. The number of rotatable bonds is 8. The van der Waals surface area contributed by atoms with Crippen LogP contribution in [0.25, 0.3) is 16.7 Å². The number of imidazole rings is 1. The summed E-state index contributed by atoms with van der Waals surface area (Å²) in [7, 11) is 1.82. The third-order valence-corrected chi connectivity index (χ3v) is 7.35. The van der Waals surface area contributed by atoms with E-state index in [0.717, 1.165) is 48.1 Å². The number of hydrogen-bond donors (Lipinski definition) is 1. The summed E-state index contributed by atoms with van der Waals surface area (Å²) < 4.78 is 15.6. The van der Waals surface area contributed by atoms with E-state index in [9.17, 15) is 4.79 Å². The third-order valence-electron chi connectivity index (χ3n) is 7.35. The van der Waals surface area contributed by atoms with Gasteiger partial charge in [-0.25, -0.2) is 4.79 Å². The van der Waals surface area contributed by atoms with Gasteiger partial charge in [-0.1, -0.05) is 66.7 Å². The van der Waals surface area contributed by atoms with Gasteiger partial charge in [-0.15, -0.1) is 0 Å². The van der Waals surface area contributed by atoms with Gasteiger partial charge in [0.1, 0.15) is 18.9 Å². The molecule has 2 aromatic heterocycles. The van der Waals surface area contributed by atoms with Gasteiger partial charge in [0, 0.05) is 19.7 Å². The number of hydrogen-bond acceptors (Lipinski definition) is 5. The maximum atomic E-state index is 13.6. The summed E-state index contributed by atoms with van der Waals surface area (Å²) in [5.41, 5.74) is 5.46. The Hall–Kier alpha value is -4.36. The first kappa shape index (κ1) is 24.9. The number of fused-ring (bicyclic) bond motifs is 1. The molecule has 5 aromatic rings. The van der Waals surface area contributed by atoms with Crippen LogP contribution in [0.4, 0.5) is 0 Å². The SMILES string of the molecule is Cn1c(=O)n(-c2ccc(OCc3ccccc3)nc2OCc2ccccc2)c2ccc(C3CCCNC3)cc21. The van der Waals surface area contributed by atoms with E-state index in [1.807, 2.05) is 79.8 Å². The fraction of sp³-hybridized carbons (Fsp3) is 0.250. The Morgan fingerprint density at radius 3 is 2.28 bits per heavy atom. The van der Waals surface area contributed by atoms with Crippen LogP contribution in [0.1, 0.15) is 35.4 Å². The maximum Gasteiger partial charge on any atom is 0.333 e. The van der Waals surface area contributed by atoms with Crippen molar-refractivity contribution >= 4 is 11.0 Å². The largest absolute Gasteiger partial charge is 0.473 e. The van der Waals surface area contributed by atoms with Crippen molar-refractivity contribution in [3.05, 3.63) is 118 Å². The first-order valence-electron chi connectivity index (χ1n) is 13.4. The van der Waals surface area contributed by atoms with Gasteiger partial charge in [0.25, 0.3) is 0 Å². The second kappa shape index (κ2) is 11.2. The van der Waals surface area contributed by atoms with Crippen LogP contribution in [0.2, 0.25) is 0 Å². The first-order valence-corrected chi connectivity index (χ1v) is 13.4. The summed E-state index contributed by atoms with van der Waals surface area (Å²) in [5, 5.41) is 3.49. The average Bonchev–Trinajstić information content (AvgIpc) is 3.25. The fourth-order valence-electron chi connectivity index (χ4n) is 5.21. The zero-order valence-corrected chi connectivity index (χ0v) is 22.0. The predicted molar refractivity (Wildman–Crippen MR) is 153 cm³/mol. The topological polar surface area (TPSA) is 70.3 Å². The van der Waals surface area contributed by atoms with Crippen molar-refractivity contribution in [2.75, 3.05) is 13.1 Å². The molecule has 0 aliphatic carbocycles. The van der Waals surface area contributed by atoms with E-state index in [-0.39, 0.29) is 5.69 Å². The maximum absolute atomic E-state index is 13.6. The van der Waals surface area contributed by atoms with Crippen molar-refractivity contribution in [3.63, 3.8) is 0 Å². The summed E-state index contributed by atoms with van der Waals surface area (Å²) in [6, 6.07) is 29.9. The normalized spacial score (nSPS) is 15.4. The van der Waals surface area contributed by atoms with E-state index >= 15 is 0 Å². The lowest BCUT2D eigenvalue weighted by molar-refractivity contribution is 0.267. The molecule has 7 nitrogen and oxygen atoms in total. The van der Waals surface area contributed by atoms with Crippen LogP contribution in [0.3, 0.4) is 0 Å². The summed E-state index contributed by atoms with van der Waals surface area (Å²) in [6.45, 7) is 2.74. The number of aryl methyl sites for hydroxylation is 1. The molecular formula is C32H32N4O3. The quantitative estimate of drug-likeness (QED) is 0.299. The van der Waals surface area contributed by atoms with Crippen molar-refractivity contribution in [2.24, 2.45) is 7.05 Å². The highest BCUT2D eigenvalue weighted by molar-refractivity contribution is 5.79. The Bertz CT molecular complexity index is 1620. The molecule has 1 aliphatic heterocycles. The Morgan fingerprint density at radius 1 is 0.872 bits per heavy atom. The highest BCUT2D eigenvalue weighted by Gasteiger charge is 2.21. The van der Waals surface area contributed by atoms with Gasteiger partial charge in [0.2, 0.25) is 11.8 Å². The Morgan fingerprint density at radius 2 is 1.59 bits per heavy atom. The second-order valence-electron chi connectivity index (χ2n) is 9.99. The molecule has 39 heavy (non-hydrogen) atoms. The Kier molecular flexibility index (Phi) is 7.15. The van der Waals surface area contributed by atoms with Gasteiger partial charge in [-0.3, -0.25) is 9.13 Å². The minimum absolute atomic E-state index is 0.145. The summed E-state index contributed by atoms with van der Waals surface area (Å²) >= 11 is 0. The molecule has 1 fully saturated rings. The van der Waals surface area contributed by atoms with E-state index in [1.54, 1.807) is 15.2 Å². The standard InChI is InChI=1S/C32H32N4O3/c1-35-29-19-25(26-13-8-18-33-20-26)14-15-27(29)36(32(35)37)28-16-17-30(38-21-23-9-4-2-5-10-23)34-31(28)39-22-24-11-6-3-7-12-24/h2-7,9-12,14-17,19,26,33H,8,13,18,20-22H2,1H3. The molecule has 1 unspecified atom stereocenters. The lowest BCUT2D eigenvalue weighted by Gasteiger charge is -2.23. The molecule has 1 aliphatic rings. The van der Waals surface area contributed by atoms with E-state index in [2.05, 4.69) is 17.4 Å². The van der Waals surface area contributed by atoms with Gasteiger partial charge in [0.05, 0.1) is 11.0 Å². The Labute approximate surface area is 227 Å². The minimum atomic E-state index is -0.145. The zero-order chi connectivity index (χ0) is 26.6. The smallest absolute Gasteiger partial charge is 0.333 e. The van der Waals surface area contributed by atoms with Crippen LogP contribution in [0.15, 0.2) is 95.8 Å². The molecule has 1 N–H and O–H groups in total. The van der Waals surface area contributed by atoms with E-state index < -0.39 is 0 Å². The summed E-state index contributed by atoms with van der Waals surface area (Å²) in [4.78, 5) is 18.3. The fourth-order valence-corrected chi connectivity index (χ4v) is 5.21. The van der Waals surface area contributed by atoms with Crippen LogP contribution >= 0.6 is 0 Å². The number of piperidine rings is 1. The van der Waals surface area contributed by atoms with Crippen molar-refractivity contribution < 1.29 is 9.47 Å². The van der Waals surface area contributed by atoms with Gasteiger partial charge in [-0.05, 0) is 60.2 Å². The van der Waals surface area contributed by atoms with Crippen molar-refractivity contribution in [3.8, 4) is 17.4 Å². The van der Waals surface area contributed by atoms with Gasteiger partial charge in [0.15, 0.2) is 0 Å². The summed E-state index contributed by atoms with van der Waals surface area (Å²) in [5.74, 6) is 1.24.